The number of carbonyl (C=O) groups is 2. The topological polar surface area (TPSA) is 79.3 Å². The number of hydrogen-bond acceptors (Lipinski definition) is 4. The highest BCUT2D eigenvalue weighted by molar-refractivity contribution is 7.09. The second-order valence-corrected chi connectivity index (χ2v) is 8.53. The summed E-state index contributed by atoms with van der Waals surface area (Å²) >= 11 is 1.60. The van der Waals surface area contributed by atoms with E-state index in [-0.39, 0.29) is 23.8 Å². The van der Waals surface area contributed by atoms with Gasteiger partial charge in [0.25, 0.3) is 5.91 Å². The molecule has 1 amide bonds. The second-order valence-electron chi connectivity index (χ2n) is 7.46. The lowest BCUT2D eigenvalue weighted by molar-refractivity contribution is -0.144. The summed E-state index contributed by atoms with van der Waals surface area (Å²) in [7, 11) is 0. The maximum absolute atomic E-state index is 12.6. The molecule has 1 aromatic heterocycles. The summed E-state index contributed by atoms with van der Waals surface area (Å²) < 4.78 is 0. The van der Waals surface area contributed by atoms with E-state index in [0.29, 0.717) is 11.5 Å². The van der Waals surface area contributed by atoms with E-state index in [4.69, 9.17) is 0 Å². The van der Waals surface area contributed by atoms with E-state index in [2.05, 4.69) is 10.3 Å². The number of hydrogen-bond donors (Lipinski definition) is 2. The van der Waals surface area contributed by atoms with E-state index in [1.807, 2.05) is 24.4 Å². The Hall–Kier alpha value is -2.21. The minimum atomic E-state index is -0.734. The van der Waals surface area contributed by atoms with Gasteiger partial charge in [0.05, 0.1) is 16.1 Å². The molecule has 0 aliphatic heterocycles. The summed E-state index contributed by atoms with van der Waals surface area (Å²) in [6.07, 6.45) is 1.90. The van der Waals surface area contributed by atoms with Crippen molar-refractivity contribution in [3.8, 4) is 11.3 Å². The zero-order valence-corrected chi connectivity index (χ0v) is 14.5. The van der Waals surface area contributed by atoms with Crippen molar-refractivity contribution >= 4 is 23.2 Å². The Morgan fingerprint density at radius 3 is 2.48 bits per heavy atom. The monoisotopic (exact) mass is 354 g/mol. The highest BCUT2D eigenvalue weighted by Gasteiger charge is 2.83. The van der Waals surface area contributed by atoms with E-state index in [1.54, 1.807) is 23.5 Å². The van der Waals surface area contributed by atoms with Gasteiger partial charge in [0.1, 0.15) is 0 Å². The molecule has 4 aliphatic carbocycles. The summed E-state index contributed by atoms with van der Waals surface area (Å²) in [6.45, 7) is 1.96. The number of aliphatic carboxylic acids is 1. The first-order valence-electron chi connectivity index (χ1n) is 8.58. The van der Waals surface area contributed by atoms with Gasteiger partial charge >= 0.3 is 5.97 Å². The van der Waals surface area contributed by atoms with Crippen LogP contribution < -0.4 is 5.32 Å². The van der Waals surface area contributed by atoms with Crippen molar-refractivity contribution in [2.24, 2.45) is 23.2 Å². The molecular formula is C19H18N2O3S. The largest absolute Gasteiger partial charge is 0.481 e. The number of carboxylic acid groups (broad SMARTS) is 1. The normalized spacial score (nSPS) is 34.1. The molecule has 0 saturated heterocycles. The molecule has 0 spiro atoms. The van der Waals surface area contributed by atoms with Crippen LogP contribution in [0.2, 0.25) is 0 Å². The van der Waals surface area contributed by atoms with Gasteiger partial charge in [-0.3, -0.25) is 9.59 Å². The minimum absolute atomic E-state index is 0.176. The van der Waals surface area contributed by atoms with Gasteiger partial charge in [0, 0.05) is 22.5 Å². The van der Waals surface area contributed by atoms with E-state index in [0.717, 1.165) is 29.1 Å². The predicted octanol–water partition coefficient (Wildman–Crippen LogP) is 2.96. The Morgan fingerprint density at radius 2 is 1.92 bits per heavy atom. The lowest BCUT2D eigenvalue weighted by Crippen LogP contribution is -2.44. The van der Waals surface area contributed by atoms with Gasteiger partial charge in [0.15, 0.2) is 0 Å². The van der Waals surface area contributed by atoms with Crippen molar-refractivity contribution in [2.75, 3.05) is 0 Å². The molecule has 3 atom stereocenters. The summed E-state index contributed by atoms with van der Waals surface area (Å²) in [4.78, 5) is 28.9. The molecule has 4 saturated carbocycles. The summed E-state index contributed by atoms with van der Waals surface area (Å²) in [6, 6.07) is 7.15. The van der Waals surface area contributed by atoms with Crippen molar-refractivity contribution in [1.29, 1.82) is 0 Å². The Labute approximate surface area is 149 Å². The Morgan fingerprint density at radius 1 is 1.24 bits per heavy atom. The van der Waals surface area contributed by atoms with E-state index < -0.39 is 11.4 Å². The van der Waals surface area contributed by atoms with Crippen LogP contribution in [0.15, 0.2) is 29.6 Å². The summed E-state index contributed by atoms with van der Waals surface area (Å²) in [5, 5.41) is 15.7. The van der Waals surface area contributed by atoms with Crippen LogP contribution in [0.3, 0.4) is 0 Å². The first kappa shape index (κ1) is 15.1. The molecule has 2 aromatic rings. The lowest BCUT2D eigenvalue weighted by Gasteiger charge is -2.22. The van der Waals surface area contributed by atoms with Crippen molar-refractivity contribution < 1.29 is 14.7 Å². The lowest BCUT2D eigenvalue weighted by atomic mass is 9.97. The van der Waals surface area contributed by atoms with Gasteiger partial charge < -0.3 is 10.4 Å². The molecule has 6 heteroatoms. The zero-order chi connectivity index (χ0) is 17.3. The van der Waals surface area contributed by atoms with Crippen LogP contribution in [0.5, 0.6) is 0 Å². The molecule has 6 rings (SSSR count). The van der Waals surface area contributed by atoms with E-state index >= 15 is 0 Å². The van der Waals surface area contributed by atoms with Crippen molar-refractivity contribution in [3.05, 3.63) is 40.2 Å². The number of aryl methyl sites for hydroxylation is 1. The third kappa shape index (κ3) is 1.91. The van der Waals surface area contributed by atoms with Gasteiger partial charge in [-0.25, -0.2) is 4.98 Å². The van der Waals surface area contributed by atoms with Crippen molar-refractivity contribution in [2.45, 2.75) is 25.8 Å². The minimum Gasteiger partial charge on any atom is -0.481 e. The fourth-order valence-corrected chi connectivity index (χ4v) is 5.98. The summed E-state index contributed by atoms with van der Waals surface area (Å²) in [5.41, 5.74) is 1.78. The van der Waals surface area contributed by atoms with Crippen LogP contribution in [0.25, 0.3) is 11.3 Å². The number of carboxylic acids is 1. The van der Waals surface area contributed by atoms with Crippen LogP contribution in [0.4, 0.5) is 0 Å². The molecule has 3 unspecified atom stereocenters. The van der Waals surface area contributed by atoms with Crippen LogP contribution in [0, 0.1) is 30.1 Å². The first-order chi connectivity index (χ1) is 12.0. The van der Waals surface area contributed by atoms with Crippen LogP contribution in [-0.4, -0.2) is 28.0 Å². The average Bonchev–Trinajstić information content (AvgIpc) is 3.10. The number of nitrogens with zero attached hydrogens (tertiary/aromatic N) is 1. The molecule has 4 bridgehead atoms. The number of nitrogens with one attached hydrogen (secondary N) is 1. The first-order valence-corrected chi connectivity index (χ1v) is 9.46. The predicted molar refractivity (Wildman–Crippen MR) is 93.3 cm³/mol. The van der Waals surface area contributed by atoms with Gasteiger partial charge in [0.2, 0.25) is 0 Å². The molecule has 4 aliphatic rings. The molecule has 5 nitrogen and oxygen atoms in total. The molecule has 2 N–H and O–H groups in total. The standard InChI is InChI=1S/C19H18N2O3S/c1-9-20-15(8-25-9)10-2-4-11(5-3-10)17(22)21-16-12-6-13-14(7-12)19(13,16)18(23)24/h2-5,8,12-14,16H,6-7H2,1H3,(H,21,22)(H,23,24). The fraction of sp³-hybridized carbons (Fsp3) is 0.421. The summed E-state index contributed by atoms with van der Waals surface area (Å²) in [5.74, 6) is -0.0367. The van der Waals surface area contributed by atoms with Crippen molar-refractivity contribution in [3.63, 3.8) is 0 Å². The van der Waals surface area contributed by atoms with Crippen LogP contribution >= 0.6 is 11.3 Å². The van der Waals surface area contributed by atoms with Gasteiger partial charge in [-0.1, -0.05) is 12.1 Å². The third-order valence-electron chi connectivity index (χ3n) is 6.42. The Kier molecular flexibility index (Phi) is 2.96. The molecule has 1 aromatic carbocycles. The maximum atomic E-state index is 12.6. The molecule has 0 radical (unpaired) electrons. The van der Waals surface area contributed by atoms with Gasteiger partial charge in [-0.15, -0.1) is 11.3 Å². The van der Waals surface area contributed by atoms with E-state index in [1.165, 1.54) is 0 Å². The quantitative estimate of drug-likeness (QED) is 0.885. The van der Waals surface area contributed by atoms with Crippen LogP contribution in [-0.2, 0) is 4.79 Å². The molecular weight excluding hydrogens is 336 g/mol. The average molecular weight is 354 g/mol. The molecule has 4 fully saturated rings. The number of aromatic nitrogens is 1. The number of rotatable bonds is 4. The fourth-order valence-electron chi connectivity index (χ4n) is 5.35. The maximum Gasteiger partial charge on any atom is 0.312 e. The van der Waals surface area contributed by atoms with Crippen molar-refractivity contribution in [1.82, 2.24) is 10.3 Å². The Balaban J connectivity index is 1.35. The third-order valence-corrected chi connectivity index (χ3v) is 7.20. The molecule has 1 heterocycles. The highest BCUT2D eigenvalue weighted by Crippen LogP contribution is 2.79. The molecule has 128 valence electrons. The Bertz CT molecular complexity index is 876. The number of amides is 1. The highest BCUT2D eigenvalue weighted by atomic mass is 32.1. The SMILES string of the molecule is Cc1nc(-c2ccc(C(=O)NC3C4CC5C(C4)C53C(=O)O)cc2)cs1. The zero-order valence-electron chi connectivity index (χ0n) is 13.7. The van der Waals surface area contributed by atoms with Crippen LogP contribution in [0.1, 0.15) is 28.2 Å². The number of carbonyl (C=O) groups excluding carboxylic acids is 1. The smallest absolute Gasteiger partial charge is 0.312 e. The van der Waals surface area contributed by atoms with E-state index in [9.17, 15) is 14.7 Å². The molecule has 25 heavy (non-hydrogen) atoms. The van der Waals surface area contributed by atoms with Gasteiger partial charge in [-0.05, 0) is 49.7 Å². The number of thiazole rings is 1. The van der Waals surface area contributed by atoms with Gasteiger partial charge in [-0.2, -0.15) is 0 Å². The number of benzene rings is 1. The second kappa shape index (κ2) is 4.91.